The third-order valence-electron chi connectivity index (χ3n) is 3.15. The Hall–Kier alpha value is -2.34. The average molecular weight is 421 g/mol. The van der Waals surface area contributed by atoms with Crippen molar-refractivity contribution in [3.63, 3.8) is 0 Å². The minimum absolute atomic E-state index is 0.0254. The van der Waals surface area contributed by atoms with Gasteiger partial charge in [0.15, 0.2) is 0 Å². The second kappa shape index (κ2) is 8.85. The zero-order valence-electron chi connectivity index (χ0n) is 15.1. The first-order chi connectivity index (χ1) is 12.3. The molecule has 2 aromatic carbocycles. The van der Waals surface area contributed by atoms with Crippen molar-refractivity contribution in [2.75, 3.05) is 0 Å². The van der Waals surface area contributed by atoms with E-state index in [0.29, 0.717) is 21.3 Å². The first kappa shape index (κ1) is 20.0. The van der Waals surface area contributed by atoms with E-state index in [1.165, 1.54) is 6.07 Å². The van der Waals surface area contributed by atoms with Crippen molar-refractivity contribution in [2.24, 2.45) is 0 Å². The Morgan fingerprint density at radius 1 is 0.885 bits per heavy atom. The minimum atomic E-state index is -0.531. The third-order valence-corrected chi connectivity index (χ3v) is 3.77. The van der Waals surface area contributed by atoms with Crippen LogP contribution in [0.15, 0.2) is 46.9 Å². The van der Waals surface area contributed by atoms with Crippen molar-refractivity contribution < 1.29 is 23.8 Å². The van der Waals surface area contributed by atoms with Gasteiger partial charge >= 0.3 is 11.9 Å². The molecule has 0 aliphatic rings. The number of ether oxygens (including phenoxy) is 3. The molecule has 0 radical (unpaired) electrons. The van der Waals surface area contributed by atoms with E-state index >= 15 is 0 Å². The Bertz CT molecular complexity index is 799. The van der Waals surface area contributed by atoms with E-state index in [4.69, 9.17) is 14.2 Å². The predicted octanol–water partition coefficient (Wildman–Crippen LogP) is 5.02. The molecule has 2 rings (SSSR count). The molecule has 0 aliphatic heterocycles. The number of esters is 2. The highest BCUT2D eigenvalue weighted by Gasteiger charge is 2.14. The van der Waals surface area contributed by atoms with E-state index in [1.807, 2.05) is 13.8 Å². The molecule has 0 bridgehead atoms. The quantitative estimate of drug-likeness (QED) is 0.484. The predicted molar refractivity (Wildman–Crippen MR) is 102 cm³/mol. The minimum Gasteiger partial charge on any atom is -0.490 e. The van der Waals surface area contributed by atoms with Crippen LogP contribution in [0.3, 0.4) is 0 Å². The fraction of sp³-hybridized carbons (Fsp3) is 0.300. The van der Waals surface area contributed by atoms with Gasteiger partial charge in [0.1, 0.15) is 11.5 Å². The molecule has 5 nitrogen and oxygen atoms in total. The van der Waals surface area contributed by atoms with E-state index in [0.717, 1.165) is 0 Å². The molecule has 0 aliphatic carbocycles. The molecule has 0 spiro atoms. The molecule has 2 aromatic rings. The molecule has 0 N–H and O–H groups in total. The van der Waals surface area contributed by atoms with Crippen LogP contribution >= 0.6 is 15.9 Å². The summed E-state index contributed by atoms with van der Waals surface area (Å²) in [4.78, 5) is 24.3. The molecule has 26 heavy (non-hydrogen) atoms. The number of carbonyl (C=O) groups is 2. The lowest BCUT2D eigenvalue weighted by Crippen LogP contribution is -2.13. The number of halogens is 1. The first-order valence-corrected chi connectivity index (χ1v) is 9.05. The Morgan fingerprint density at radius 2 is 1.58 bits per heavy atom. The third kappa shape index (κ3) is 5.59. The van der Waals surface area contributed by atoms with Crippen LogP contribution in [0.5, 0.6) is 11.5 Å². The van der Waals surface area contributed by atoms with Crippen LogP contribution in [0.4, 0.5) is 0 Å². The lowest BCUT2D eigenvalue weighted by Gasteiger charge is -2.12. The van der Waals surface area contributed by atoms with Gasteiger partial charge in [-0.1, -0.05) is 6.07 Å². The summed E-state index contributed by atoms with van der Waals surface area (Å²) in [6.45, 7) is 7.39. The molecular formula is C20H21BrO5. The van der Waals surface area contributed by atoms with Gasteiger partial charge in [-0.05, 0) is 80.0 Å². The number of hydrogen-bond acceptors (Lipinski definition) is 5. The van der Waals surface area contributed by atoms with Crippen molar-refractivity contribution in [1.29, 1.82) is 0 Å². The Balaban J connectivity index is 2.12. The van der Waals surface area contributed by atoms with Crippen LogP contribution in [-0.2, 0) is 4.74 Å². The van der Waals surface area contributed by atoms with Crippen LogP contribution in [-0.4, -0.2) is 24.1 Å². The zero-order chi connectivity index (χ0) is 19.3. The second-order valence-corrected chi connectivity index (χ2v) is 7.04. The van der Waals surface area contributed by atoms with Gasteiger partial charge in [-0.15, -0.1) is 0 Å². The van der Waals surface area contributed by atoms with E-state index < -0.39 is 11.9 Å². The second-order valence-electron chi connectivity index (χ2n) is 6.18. The summed E-state index contributed by atoms with van der Waals surface area (Å²) in [7, 11) is 0. The normalized spacial score (nSPS) is 10.7. The fourth-order valence-corrected chi connectivity index (χ4v) is 2.58. The summed E-state index contributed by atoms with van der Waals surface area (Å²) in [5, 5.41) is 0. The van der Waals surface area contributed by atoms with Crippen LogP contribution in [0.2, 0.25) is 0 Å². The fourth-order valence-electron chi connectivity index (χ4n) is 2.11. The molecule has 0 aromatic heterocycles. The summed E-state index contributed by atoms with van der Waals surface area (Å²) < 4.78 is 16.8. The zero-order valence-corrected chi connectivity index (χ0v) is 16.7. The Labute approximate surface area is 161 Å². The lowest BCUT2D eigenvalue weighted by molar-refractivity contribution is 0.0376. The van der Waals surface area contributed by atoms with E-state index in [1.54, 1.807) is 50.2 Å². The summed E-state index contributed by atoms with van der Waals surface area (Å²) in [5.74, 6) is -0.0752. The molecule has 0 saturated carbocycles. The molecule has 0 unspecified atom stereocenters. The maximum Gasteiger partial charge on any atom is 0.343 e. The number of rotatable bonds is 6. The number of benzene rings is 2. The SMILES string of the molecule is CC(C)OC(=O)c1cccc(OC(=O)c2ccc(OC(C)C)c(Br)c2)c1. The first-order valence-electron chi connectivity index (χ1n) is 8.25. The van der Waals surface area contributed by atoms with Gasteiger partial charge in [0, 0.05) is 0 Å². The van der Waals surface area contributed by atoms with Crippen molar-refractivity contribution >= 4 is 27.9 Å². The largest absolute Gasteiger partial charge is 0.490 e. The van der Waals surface area contributed by atoms with E-state index in [-0.39, 0.29) is 18.0 Å². The van der Waals surface area contributed by atoms with Gasteiger partial charge in [-0.2, -0.15) is 0 Å². The average Bonchev–Trinajstić information content (AvgIpc) is 2.56. The van der Waals surface area contributed by atoms with Gasteiger partial charge < -0.3 is 14.2 Å². The molecular weight excluding hydrogens is 400 g/mol. The summed E-state index contributed by atoms with van der Waals surface area (Å²) in [6, 6.07) is 11.3. The molecule has 0 amide bonds. The van der Waals surface area contributed by atoms with Crippen molar-refractivity contribution in [1.82, 2.24) is 0 Å². The van der Waals surface area contributed by atoms with Crippen LogP contribution in [0, 0.1) is 0 Å². The monoisotopic (exact) mass is 420 g/mol. The smallest absolute Gasteiger partial charge is 0.343 e. The van der Waals surface area contributed by atoms with Gasteiger partial charge in [0.05, 0.1) is 27.8 Å². The standard InChI is InChI=1S/C20H21BrO5/c1-12(2)24-18-9-8-15(11-17(18)21)20(23)26-16-7-5-6-14(10-16)19(22)25-13(3)4/h5-13H,1-4H3. The van der Waals surface area contributed by atoms with Gasteiger partial charge in [-0.3, -0.25) is 0 Å². The van der Waals surface area contributed by atoms with Crippen molar-refractivity contribution in [3.05, 3.63) is 58.1 Å². The van der Waals surface area contributed by atoms with Crippen LogP contribution < -0.4 is 9.47 Å². The van der Waals surface area contributed by atoms with Gasteiger partial charge in [0.2, 0.25) is 0 Å². The molecule has 138 valence electrons. The molecule has 0 heterocycles. The van der Waals surface area contributed by atoms with Crippen molar-refractivity contribution in [3.8, 4) is 11.5 Å². The van der Waals surface area contributed by atoms with Crippen LogP contribution in [0.25, 0.3) is 0 Å². The van der Waals surface area contributed by atoms with Crippen molar-refractivity contribution in [2.45, 2.75) is 39.9 Å². The van der Waals surface area contributed by atoms with Gasteiger partial charge in [-0.25, -0.2) is 9.59 Å². The van der Waals surface area contributed by atoms with Crippen LogP contribution in [0.1, 0.15) is 48.4 Å². The summed E-state index contributed by atoms with van der Waals surface area (Å²) in [5.41, 5.74) is 0.689. The molecule has 0 atom stereocenters. The highest BCUT2D eigenvalue weighted by Crippen LogP contribution is 2.27. The topological polar surface area (TPSA) is 61.8 Å². The molecule has 0 fully saturated rings. The highest BCUT2D eigenvalue weighted by atomic mass is 79.9. The number of hydrogen-bond donors (Lipinski definition) is 0. The lowest BCUT2D eigenvalue weighted by atomic mass is 10.2. The maximum absolute atomic E-state index is 12.4. The summed E-state index contributed by atoms with van der Waals surface area (Å²) in [6.07, 6.45) is -0.199. The van der Waals surface area contributed by atoms with E-state index in [9.17, 15) is 9.59 Å². The maximum atomic E-state index is 12.4. The number of carbonyl (C=O) groups excluding carboxylic acids is 2. The Kier molecular flexibility index (Phi) is 6.80. The summed E-state index contributed by atoms with van der Waals surface area (Å²) >= 11 is 3.39. The molecule has 0 saturated heterocycles. The Morgan fingerprint density at radius 3 is 2.19 bits per heavy atom. The van der Waals surface area contributed by atoms with Gasteiger partial charge in [0.25, 0.3) is 0 Å². The highest BCUT2D eigenvalue weighted by molar-refractivity contribution is 9.10. The van der Waals surface area contributed by atoms with E-state index in [2.05, 4.69) is 15.9 Å². The molecule has 6 heteroatoms.